The van der Waals surface area contributed by atoms with Gasteiger partial charge in [-0.3, -0.25) is 4.79 Å². The van der Waals surface area contributed by atoms with E-state index < -0.39 is 10.0 Å². The molecule has 1 saturated heterocycles. The predicted octanol–water partition coefficient (Wildman–Crippen LogP) is 3.84. The maximum absolute atomic E-state index is 12.8. The first-order valence-corrected chi connectivity index (χ1v) is 11.7. The highest BCUT2D eigenvalue weighted by atomic mass is 32.2. The summed E-state index contributed by atoms with van der Waals surface area (Å²) >= 11 is 0. The molecule has 1 amide bonds. The van der Waals surface area contributed by atoms with Crippen LogP contribution in [0.15, 0.2) is 59.5 Å². The van der Waals surface area contributed by atoms with Gasteiger partial charge in [0.1, 0.15) is 0 Å². The summed E-state index contributed by atoms with van der Waals surface area (Å²) in [5.41, 5.74) is 3.33. The standard InChI is InChI=1S/C24H30N2O3S/c1-19-5-12-22(13-6-19)30(28,29)26-17-15-25(16-18-26)23(27)14-9-20-7-10-21(11-8-20)24(2,3)4/h5-14H,15-18H2,1-4H3/b14-9+. The Balaban J connectivity index is 1.58. The summed E-state index contributed by atoms with van der Waals surface area (Å²) in [4.78, 5) is 14.5. The number of rotatable bonds is 4. The molecule has 0 N–H and O–H groups in total. The number of carbonyl (C=O) groups is 1. The van der Waals surface area contributed by atoms with Gasteiger partial charge in [0.05, 0.1) is 4.90 Å². The molecule has 0 atom stereocenters. The lowest BCUT2D eigenvalue weighted by Crippen LogP contribution is -2.50. The first-order valence-electron chi connectivity index (χ1n) is 10.2. The number of benzene rings is 2. The molecule has 0 radical (unpaired) electrons. The van der Waals surface area contributed by atoms with Crippen molar-refractivity contribution in [3.8, 4) is 0 Å². The van der Waals surface area contributed by atoms with Gasteiger partial charge in [0.2, 0.25) is 15.9 Å². The Morgan fingerprint density at radius 3 is 2.00 bits per heavy atom. The summed E-state index contributed by atoms with van der Waals surface area (Å²) in [6.07, 6.45) is 3.38. The maximum Gasteiger partial charge on any atom is 0.246 e. The number of carbonyl (C=O) groups excluding carboxylic acids is 1. The summed E-state index contributed by atoms with van der Waals surface area (Å²) in [6.45, 7) is 9.80. The third-order valence-electron chi connectivity index (χ3n) is 5.40. The van der Waals surface area contributed by atoms with Gasteiger partial charge in [-0.1, -0.05) is 62.7 Å². The number of sulfonamides is 1. The number of piperazine rings is 1. The molecule has 2 aromatic rings. The Bertz CT molecular complexity index is 1010. The van der Waals surface area contributed by atoms with Crippen molar-refractivity contribution < 1.29 is 13.2 Å². The summed E-state index contributed by atoms with van der Waals surface area (Å²) in [6, 6.07) is 15.0. The lowest BCUT2D eigenvalue weighted by Gasteiger charge is -2.33. The van der Waals surface area contributed by atoms with E-state index >= 15 is 0 Å². The van der Waals surface area contributed by atoms with Crippen LogP contribution in [0.4, 0.5) is 0 Å². The van der Waals surface area contributed by atoms with Crippen LogP contribution < -0.4 is 0 Å². The molecule has 1 fully saturated rings. The molecule has 30 heavy (non-hydrogen) atoms. The molecule has 3 rings (SSSR count). The van der Waals surface area contributed by atoms with Crippen LogP contribution in [0.1, 0.15) is 37.5 Å². The molecule has 0 aromatic heterocycles. The number of hydrogen-bond donors (Lipinski definition) is 0. The molecular weight excluding hydrogens is 396 g/mol. The van der Waals surface area contributed by atoms with Gasteiger partial charge in [0, 0.05) is 32.3 Å². The molecule has 0 bridgehead atoms. The van der Waals surface area contributed by atoms with E-state index in [-0.39, 0.29) is 11.3 Å². The molecule has 1 aliphatic heterocycles. The molecule has 1 aliphatic rings. The fraction of sp³-hybridized carbons (Fsp3) is 0.375. The van der Waals surface area contributed by atoms with Crippen LogP contribution in [0.25, 0.3) is 6.08 Å². The van der Waals surface area contributed by atoms with Crippen molar-refractivity contribution in [2.24, 2.45) is 0 Å². The Hall–Kier alpha value is -2.44. The fourth-order valence-electron chi connectivity index (χ4n) is 3.38. The second-order valence-electron chi connectivity index (χ2n) is 8.75. The summed E-state index contributed by atoms with van der Waals surface area (Å²) < 4.78 is 27.0. The second kappa shape index (κ2) is 8.74. The number of hydrogen-bond acceptors (Lipinski definition) is 3. The van der Waals surface area contributed by atoms with E-state index in [1.54, 1.807) is 35.2 Å². The van der Waals surface area contributed by atoms with Crippen molar-refractivity contribution in [1.29, 1.82) is 0 Å². The zero-order chi connectivity index (χ0) is 21.9. The largest absolute Gasteiger partial charge is 0.337 e. The first-order chi connectivity index (χ1) is 14.1. The van der Waals surface area contributed by atoms with Gasteiger partial charge in [0.15, 0.2) is 0 Å². The van der Waals surface area contributed by atoms with E-state index in [0.717, 1.165) is 11.1 Å². The Labute approximate surface area is 180 Å². The lowest BCUT2D eigenvalue weighted by molar-refractivity contribution is -0.127. The topological polar surface area (TPSA) is 57.7 Å². The van der Waals surface area contributed by atoms with Crippen LogP contribution in [-0.2, 0) is 20.2 Å². The summed E-state index contributed by atoms with van der Waals surface area (Å²) in [5, 5.41) is 0. The smallest absolute Gasteiger partial charge is 0.246 e. The van der Waals surface area contributed by atoms with Crippen LogP contribution >= 0.6 is 0 Å². The third-order valence-corrected chi connectivity index (χ3v) is 7.32. The van der Waals surface area contributed by atoms with Gasteiger partial charge < -0.3 is 4.90 Å². The van der Waals surface area contributed by atoms with Gasteiger partial charge in [-0.05, 0) is 41.7 Å². The van der Waals surface area contributed by atoms with Crippen molar-refractivity contribution in [1.82, 2.24) is 9.21 Å². The minimum Gasteiger partial charge on any atom is -0.337 e. The predicted molar refractivity (Wildman–Crippen MR) is 121 cm³/mol. The monoisotopic (exact) mass is 426 g/mol. The van der Waals surface area contributed by atoms with E-state index in [1.807, 2.05) is 25.1 Å². The molecule has 6 heteroatoms. The minimum atomic E-state index is -3.52. The van der Waals surface area contributed by atoms with Crippen molar-refractivity contribution in [2.75, 3.05) is 26.2 Å². The SMILES string of the molecule is Cc1ccc(S(=O)(=O)N2CCN(C(=O)/C=C/c3ccc(C(C)(C)C)cc3)CC2)cc1. The van der Waals surface area contributed by atoms with Gasteiger partial charge in [-0.25, -0.2) is 8.42 Å². The second-order valence-corrected chi connectivity index (χ2v) is 10.7. The molecular formula is C24H30N2O3S. The highest BCUT2D eigenvalue weighted by Gasteiger charge is 2.29. The van der Waals surface area contributed by atoms with Crippen LogP contribution in [0.2, 0.25) is 0 Å². The van der Waals surface area contributed by atoms with Crippen molar-refractivity contribution in [2.45, 2.75) is 38.0 Å². The van der Waals surface area contributed by atoms with Crippen molar-refractivity contribution >= 4 is 22.0 Å². The molecule has 0 aliphatic carbocycles. The van der Waals surface area contributed by atoms with E-state index in [0.29, 0.717) is 31.1 Å². The molecule has 0 unspecified atom stereocenters. The summed E-state index contributed by atoms with van der Waals surface area (Å²) in [7, 11) is -3.52. The number of nitrogens with zero attached hydrogens (tertiary/aromatic N) is 2. The quantitative estimate of drug-likeness (QED) is 0.698. The molecule has 0 spiro atoms. The normalized spacial score (nSPS) is 16.2. The molecule has 2 aromatic carbocycles. The van der Waals surface area contributed by atoms with Crippen LogP contribution in [-0.4, -0.2) is 49.7 Å². The van der Waals surface area contributed by atoms with Gasteiger partial charge in [-0.2, -0.15) is 4.31 Å². The summed E-state index contributed by atoms with van der Waals surface area (Å²) in [5.74, 6) is -0.0951. The molecule has 160 valence electrons. The lowest BCUT2D eigenvalue weighted by atomic mass is 9.87. The Morgan fingerprint density at radius 2 is 1.47 bits per heavy atom. The average molecular weight is 427 g/mol. The van der Waals surface area contributed by atoms with Crippen molar-refractivity contribution in [3.63, 3.8) is 0 Å². The number of amides is 1. The zero-order valence-corrected chi connectivity index (χ0v) is 18.9. The maximum atomic E-state index is 12.8. The Morgan fingerprint density at radius 1 is 0.900 bits per heavy atom. The molecule has 1 heterocycles. The third kappa shape index (κ3) is 5.18. The van der Waals surface area contributed by atoms with Crippen LogP contribution in [0, 0.1) is 6.92 Å². The molecule has 5 nitrogen and oxygen atoms in total. The molecule has 0 saturated carbocycles. The highest BCUT2D eigenvalue weighted by Crippen LogP contribution is 2.22. The van der Waals surface area contributed by atoms with Crippen LogP contribution in [0.3, 0.4) is 0 Å². The van der Waals surface area contributed by atoms with E-state index in [2.05, 4.69) is 32.9 Å². The van der Waals surface area contributed by atoms with Gasteiger partial charge >= 0.3 is 0 Å². The van der Waals surface area contributed by atoms with Crippen molar-refractivity contribution in [3.05, 3.63) is 71.3 Å². The minimum absolute atomic E-state index is 0.0939. The average Bonchev–Trinajstić information content (AvgIpc) is 2.72. The van der Waals surface area contributed by atoms with Crippen LogP contribution in [0.5, 0.6) is 0 Å². The Kier molecular flexibility index (Phi) is 6.48. The van der Waals surface area contributed by atoms with E-state index in [9.17, 15) is 13.2 Å². The van der Waals surface area contributed by atoms with Gasteiger partial charge in [-0.15, -0.1) is 0 Å². The number of aryl methyl sites for hydroxylation is 1. The van der Waals surface area contributed by atoms with E-state index in [1.165, 1.54) is 9.87 Å². The van der Waals surface area contributed by atoms with E-state index in [4.69, 9.17) is 0 Å². The highest BCUT2D eigenvalue weighted by molar-refractivity contribution is 7.89. The first kappa shape index (κ1) is 22.2. The van der Waals surface area contributed by atoms with Gasteiger partial charge in [0.25, 0.3) is 0 Å². The zero-order valence-electron chi connectivity index (χ0n) is 18.1. The fourth-order valence-corrected chi connectivity index (χ4v) is 4.80.